The summed E-state index contributed by atoms with van der Waals surface area (Å²) in [5.41, 5.74) is 0.163. The van der Waals surface area contributed by atoms with Crippen molar-refractivity contribution >= 4 is 16.9 Å². The summed E-state index contributed by atoms with van der Waals surface area (Å²) in [5, 5.41) is 0.380. The van der Waals surface area contributed by atoms with Gasteiger partial charge in [0.25, 0.3) is 5.56 Å². The predicted molar refractivity (Wildman–Crippen MR) is 76.3 cm³/mol. The SMILES string of the molecule is COc1cc2c(=O)[nH]c(N(C)C)nc2c(OC)c1OC. The number of aromatic nitrogens is 2. The molecule has 20 heavy (non-hydrogen) atoms. The van der Waals surface area contributed by atoms with E-state index in [9.17, 15) is 4.79 Å². The van der Waals surface area contributed by atoms with Crippen LogP contribution in [0.3, 0.4) is 0 Å². The number of rotatable bonds is 4. The third kappa shape index (κ3) is 2.11. The molecule has 0 aliphatic carbocycles. The molecule has 0 aliphatic heterocycles. The maximum atomic E-state index is 12.2. The molecule has 0 atom stereocenters. The molecule has 1 aromatic carbocycles. The minimum absolute atomic E-state index is 0.266. The number of hydrogen-bond acceptors (Lipinski definition) is 6. The molecule has 108 valence electrons. The summed E-state index contributed by atoms with van der Waals surface area (Å²) < 4.78 is 15.9. The Bertz CT molecular complexity index is 694. The fourth-order valence-electron chi connectivity index (χ4n) is 1.94. The normalized spacial score (nSPS) is 10.4. The average molecular weight is 279 g/mol. The van der Waals surface area contributed by atoms with E-state index in [0.29, 0.717) is 34.1 Å². The molecule has 0 saturated carbocycles. The number of methoxy groups -OCH3 is 3. The highest BCUT2D eigenvalue weighted by Crippen LogP contribution is 2.41. The van der Waals surface area contributed by atoms with Crippen molar-refractivity contribution in [2.24, 2.45) is 0 Å². The van der Waals surface area contributed by atoms with E-state index in [1.54, 1.807) is 25.1 Å². The van der Waals surface area contributed by atoms with Crippen LogP contribution in [0.25, 0.3) is 10.9 Å². The van der Waals surface area contributed by atoms with Gasteiger partial charge < -0.3 is 19.1 Å². The molecule has 7 nitrogen and oxygen atoms in total. The highest BCUT2D eigenvalue weighted by molar-refractivity contribution is 5.89. The topological polar surface area (TPSA) is 76.7 Å². The largest absolute Gasteiger partial charge is 0.493 e. The molecular weight excluding hydrogens is 262 g/mol. The van der Waals surface area contributed by atoms with Crippen LogP contribution in [0.1, 0.15) is 0 Å². The maximum Gasteiger partial charge on any atom is 0.260 e. The lowest BCUT2D eigenvalue weighted by atomic mass is 10.2. The molecule has 1 aromatic heterocycles. The number of fused-ring (bicyclic) bond motifs is 1. The molecule has 0 saturated heterocycles. The van der Waals surface area contributed by atoms with Crippen molar-refractivity contribution < 1.29 is 14.2 Å². The Balaban J connectivity index is 2.92. The average Bonchev–Trinajstić information content (AvgIpc) is 2.44. The van der Waals surface area contributed by atoms with Crippen LogP contribution >= 0.6 is 0 Å². The minimum atomic E-state index is -0.266. The van der Waals surface area contributed by atoms with E-state index in [2.05, 4.69) is 9.97 Å². The lowest BCUT2D eigenvalue weighted by molar-refractivity contribution is 0.327. The van der Waals surface area contributed by atoms with E-state index >= 15 is 0 Å². The van der Waals surface area contributed by atoms with Crippen LogP contribution in [0.5, 0.6) is 17.2 Å². The van der Waals surface area contributed by atoms with Gasteiger partial charge in [0.15, 0.2) is 11.5 Å². The zero-order chi connectivity index (χ0) is 14.9. The van der Waals surface area contributed by atoms with Gasteiger partial charge in [0.05, 0.1) is 26.7 Å². The Labute approximate surface area is 116 Å². The summed E-state index contributed by atoms with van der Waals surface area (Å²) in [7, 11) is 8.08. The Hall–Kier alpha value is -2.44. The van der Waals surface area contributed by atoms with Crippen molar-refractivity contribution in [1.29, 1.82) is 0 Å². The quantitative estimate of drug-likeness (QED) is 0.900. The van der Waals surface area contributed by atoms with Gasteiger partial charge in [-0.2, -0.15) is 0 Å². The molecule has 7 heteroatoms. The van der Waals surface area contributed by atoms with E-state index in [0.717, 1.165) is 0 Å². The van der Waals surface area contributed by atoms with Crippen molar-refractivity contribution in [3.63, 3.8) is 0 Å². The van der Waals surface area contributed by atoms with Gasteiger partial charge in [0.2, 0.25) is 11.7 Å². The third-order valence-corrected chi connectivity index (χ3v) is 2.92. The van der Waals surface area contributed by atoms with E-state index < -0.39 is 0 Å². The monoisotopic (exact) mass is 279 g/mol. The van der Waals surface area contributed by atoms with Crippen LogP contribution in [-0.2, 0) is 0 Å². The van der Waals surface area contributed by atoms with Gasteiger partial charge in [-0.3, -0.25) is 9.78 Å². The molecule has 2 aromatic rings. The first-order valence-corrected chi connectivity index (χ1v) is 5.93. The first-order valence-electron chi connectivity index (χ1n) is 5.93. The number of aromatic amines is 1. The van der Waals surface area contributed by atoms with Gasteiger partial charge >= 0.3 is 0 Å². The van der Waals surface area contributed by atoms with Gasteiger partial charge in [-0.25, -0.2) is 4.98 Å². The van der Waals surface area contributed by atoms with Gasteiger partial charge in [0, 0.05) is 14.1 Å². The number of nitrogens with one attached hydrogen (secondary N) is 1. The summed E-state index contributed by atoms with van der Waals surface area (Å²) in [4.78, 5) is 21.0. The smallest absolute Gasteiger partial charge is 0.260 e. The van der Waals surface area contributed by atoms with Gasteiger partial charge in [-0.15, -0.1) is 0 Å². The van der Waals surface area contributed by atoms with Crippen LogP contribution in [0.15, 0.2) is 10.9 Å². The molecule has 1 N–H and O–H groups in total. The molecule has 0 radical (unpaired) electrons. The van der Waals surface area contributed by atoms with Crippen LogP contribution in [0, 0.1) is 0 Å². The molecule has 0 spiro atoms. The van der Waals surface area contributed by atoms with E-state index in [4.69, 9.17) is 14.2 Å². The highest BCUT2D eigenvalue weighted by Gasteiger charge is 2.19. The Kier molecular flexibility index (Phi) is 3.69. The second-order valence-electron chi connectivity index (χ2n) is 4.33. The minimum Gasteiger partial charge on any atom is -0.493 e. The van der Waals surface area contributed by atoms with Crippen molar-refractivity contribution in [2.45, 2.75) is 0 Å². The van der Waals surface area contributed by atoms with Crippen molar-refractivity contribution in [3.05, 3.63) is 16.4 Å². The van der Waals surface area contributed by atoms with E-state index in [1.165, 1.54) is 21.3 Å². The second-order valence-corrected chi connectivity index (χ2v) is 4.33. The fraction of sp³-hybridized carbons (Fsp3) is 0.385. The number of ether oxygens (including phenoxy) is 3. The Morgan fingerprint density at radius 3 is 2.25 bits per heavy atom. The fourth-order valence-corrected chi connectivity index (χ4v) is 1.94. The number of nitrogens with zero attached hydrogens (tertiary/aromatic N) is 2. The highest BCUT2D eigenvalue weighted by atomic mass is 16.5. The summed E-state index contributed by atoms with van der Waals surface area (Å²) in [6, 6.07) is 1.59. The molecule has 0 unspecified atom stereocenters. The van der Waals surface area contributed by atoms with Crippen molar-refractivity contribution in [1.82, 2.24) is 9.97 Å². The predicted octanol–water partition coefficient (Wildman–Crippen LogP) is 1.01. The van der Waals surface area contributed by atoms with Crippen LogP contribution in [0.4, 0.5) is 5.95 Å². The Morgan fingerprint density at radius 1 is 1.10 bits per heavy atom. The summed E-state index contributed by atoms with van der Waals surface area (Å²) in [6.45, 7) is 0. The summed E-state index contributed by atoms with van der Waals surface area (Å²) in [6.07, 6.45) is 0. The van der Waals surface area contributed by atoms with E-state index in [1.807, 2.05) is 0 Å². The molecule has 2 rings (SSSR count). The summed E-state index contributed by atoms with van der Waals surface area (Å²) in [5.74, 6) is 1.64. The van der Waals surface area contributed by atoms with Gasteiger partial charge in [-0.1, -0.05) is 0 Å². The van der Waals surface area contributed by atoms with Crippen LogP contribution in [-0.4, -0.2) is 45.4 Å². The molecule has 0 amide bonds. The van der Waals surface area contributed by atoms with Crippen LogP contribution < -0.4 is 24.7 Å². The molecule has 0 bridgehead atoms. The second kappa shape index (κ2) is 5.28. The zero-order valence-corrected chi connectivity index (χ0v) is 12.1. The third-order valence-electron chi connectivity index (χ3n) is 2.92. The maximum absolute atomic E-state index is 12.2. The lowest BCUT2D eigenvalue weighted by Gasteiger charge is -2.16. The number of benzene rings is 1. The first-order chi connectivity index (χ1) is 9.53. The Morgan fingerprint density at radius 2 is 1.75 bits per heavy atom. The first kappa shape index (κ1) is 14.0. The summed E-state index contributed by atoms with van der Waals surface area (Å²) >= 11 is 0. The van der Waals surface area contributed by atoms with Crippen molar-refractivity contribution in [2.75, 3.05) is 40.3 Å². The molecular formula is C13H17N3O4. The van der Waals surface area contributed by atoms with Crippen molar-refractivity contribution in [3.8, 4) is 17.2 Å². The molecule has 1 heterocycles. The number of H-pyrrole nitrogens is 1. The molecule has 0 fully saturated rings. The number of anilines is 1. The van der Waals surface area contributed by atoms with Gasteiger partial charge in [0.1, 0.15) is 5.52 Å². The van der Waals surface area contributed by atoms with E-state index in [-0.39, 0.29) is 5.56 Å². The standard InChI is InChI=1S/C13H17N3O4/c1-16(2)13-14-9-7(12(17)15-13)6-8(18-3)10(19-4)11(9)20-5/h6H,1-5H3,(H,14,15,17). The number of hydrogen-bond donors (Lipinski definition) is 1. The molecule has 0 aliphatic rings. The lowest BCUT2D eigenvalue weighted by Crippen LogP contribution is -2.19. The van der Waals surface area contributed by atoms with Gasteiger partial charge in [-0.05, 0) is 6.07 Å². The zero-order valence-electron chi connectivity index (χ0n) is 12.1. The van der Waals surface area contributed by atoms with Crippen LogP contribution in [0.2, 0.25) is 0 Å².